The van der Waals surface area contributed by atoms with Crippen LogP contribution < -0.4 is 0 Å². The first kappa shape index (κ1) is 10.6. The van der Waals surface area contributed by atoms with Crippen LogP contribution in [-0.4, -0.2) is 40.9 Å². The van der Waals surface area contributed by atoms with Crippen molar-refractivity contribution in [1.29, 1.82) is 0 Å². The van der Waals surface area contributed by atoms with E-state index in [2.05, 4.69) is 11.8 Å². The Morgan fingerprint density at radius 3 is 2.47 bits per heavy atom. The second kappa shape index (κ2) is 4.31. The monoisotopic (exact) mass is 210 g/mol. The molecule has 2 saturated heterocycles. The Kier molecular flexibility index (Phi) is 3.05. The summed E-state index contributed by atoms with van der Waals surface area (Å²) in [6, 6.07) is 0.500. The molecule has 0 aromatic heterocycles. The van der Waals surface area contributed by atoms with Crippen LogP contribution in [0.15, 0.2) is 0 Å². The van der Waals surface area contributed by atoms with Crippen molar-refractivity contribution in [1.82, 2.24) is 9.80 Å². The van der Waals surface area contributed by atoms with Crippen LogP contribution in [0.3, 0.4) is 0 Å². The number of imide groups is 1. The van der Waals surface area contributed by atoms with Crippen LogP contribution in [0.1, 0.15) is 39.0 Å². The summed E-state index contributed by atoms with van der Waals surface area (Å²) in [6.07, 6.45) is 4.43. The van der Waals surface area contributed by atoms with E-state index in [1.165, 1.54) is 24.2 Å². The predicted octanol–water partition coefficient (Wildman–Crippen LogP) is 0.967. The van der Waals surface area contributed by atoms with Gasteiger partial charge in [0, 0.05) is 25.4 Å². The Hall–Kier alpha value is -0.900. The molecule has 2 rings (SSSR count). The van der Waals surface area contributed by atoms with Crippen molar-refractivity contribution in [3.63, 3.8) is 0 Å². The molecule has 2 aliphatic heterocycles. The Morgan fingerprint density at radius 1 is 1.20 bits per heavy atom. The van der Waals surface area contributed by atoms with Gasteiger partial charge in [-0.05, 0) is 19.8 Å². The number of piperidine rings is 1. The van der Waals surface area contributed by atoms with Crippen molar-refractivity contribution in [3.05, 3.63) is 0 Å². The molecule has 0 bridgehead atoms. The number of carbonyl (C=O) groups is 2. The lowest BCUT2D eigenvalue weighted by atomic mass is 10.0. The quantitative estimate of drug-likeness (QED) is 0.638. The van der Waals surface area contributed by atoms with Crippen molar-refractivity contribution >= 4 is 11.8 Å². The molecule has 0 aromatic carbocycles. The number of carbonyl (C=O) groups excluding carboxylic acids is 2. The number of hydrogen-bond acceptors (Lipinski definition) is 3. The highest BCUT2D eigenvalue weighted by Crippen LogP contribution is 2.19. The molecule has 0 radical (unpaired) electrons. The number of likely N-dealkylation sites (tertiary alicyclic amines) is 2. The summed E-state index contributed by atoms with van der Waals surface area (Å²) >= 11 is 0. The minimum atomic E-state index is -0.00206. The molecular formula is C11H18N2O2. The van der Waals surface area contributed by atoms with Gasteiger partial charge in [0.25, 0.3) is 0 Å². The normalized spacial score (nSPS) is 28.9. The molecule has 2 aliphatic rings. The first-order valence-corrected chi connectivity index (χ1v) is 5.76. The molecule has 0 N–H and O–H groups in total. The lowest BCUT2D eigenvalue weighted by Crippen LogP contribution is -2.46. The zero-order valence-corrected chi connectivity index (χ0v) is 9.24. The summed E-state index contributed by atoms with van der Waals surface area (Å²) < 4.78 is 0. The summed E-state index contributed by atoms with van der Waals surface area (Å²) in [5, 5.41) is 0. The van der Waals surface area contributed by atoms with Crippen LogP contribution in [0, 0.1) is 0 Å². The van der Waals surface area contributed by atoms with Crippen LogP contribution in [0.5, 0.6) is 0 Å². The first-order valence-electron chi connectivity index (χ1n) is 5.76. The third-order valence-corrected chi connectivity index (χ3v) is 3.42. The lowest BCUT2D eigenvalue weighted by Gasteiger charge is -2.35. The van der Waals surface area contributed by atoms with E-state index in [-0.39, 0.29) is 11.8 Å². The Labute approximate surface area is 90.2 Å². The molecule has 0 aromatic rings. The fraction of sp³-hybridized carbons (Fsp3) is 0.818. The lowest BCUT2D eigenvalue weighted by molar-refractivity contribution is -0.141. The molecule has 2 amide bonds. The number of hydrogen-bond donors (Lipinski definition) is 0. The topological polar surface area (TPSA) is 40.6 Å². The number of amides is 2. The summed E-state index contributed by atoms with van der Waals surface area (Å²) in [5.74, 6) is -0.00412. The fourth-order valence-electron chi connectivity index (χ4n) is 2.33. The van der Waals surface area contributed by atoms with Gasteiger partial charge in [0.15, 0.2) is 0 Å². The third kappa shape index (κ3) is 2.20. The van der Waals surface area contributed by atoms with Crippen LogP contribution in [0.4, 0.5) is 0 Å². The molecular weight excluding hydrogens is 192 g/mol. The third-order valence-electron chi connectivity index (χ3n) is 3.42. The Bertz CT molecular complexity index is 262. The van der Waals surface area contributed by atoms with E-state index in [1.807, 2.05) is 0 Å². The second-order valence-electron chi connectivity index (χ2n) is 4.51. The maximum absolute atomic E-state index is 11.4. The predicted molar refractivity (Wildman–Crippen MR) is 56.0 cm³/mol. The maximum Gasteiger partial charge on any atom is 0.230 e. The van der Waals surface area contributed by atoms with Gasteiger partial charge >= 0.3 is 0 Å². The van der Waals surface area contributed by atoms with Gasteiger partial charge in [-0.25, -0.2) is 0 Å². The minimum absolute atomic E-state index is 0.00206. The highest BCUT2D eigenvalue weighted by molar-refractivity contribution is 6.01. The smallest absolute Gasteiger partial charge is 0.230 e. The standard InChI is InChI=1S/C11H18N2O2/c1-9-4-2-3-7-12(9)8-13-10(14)5-6-11(13)15/h9H,2-8H2,1H3. The zero-order valence-electron chi connectivity index (χ0n) is 9.24. The fourth-order valence-corrected chi connectivity index (χ4v) is 2.33. The number of nitrogens with zero attached hydrogens (tertiary/aromatic N) is 2. The van der Waals surface area contributed by atoms with Gasteiger partial charge in [-0.3, -0.25) is 19.4 Å². The highest BCUT2D eigenvalue weighted by Gasteiger charge is 2.31. The van der Waals surface area contributed by atoms with Gasteiger partial charge in [0.1, 0.15) is 0 Å². The summed E-state index contributed by atoms with van der Waals surface area (Å²) in [7, 11) is 0. The largest absolute Gasteiger partial charge is 0.283 e. The average molecular weight is 210 g/mol. The minimum Gasteiger partial charge on any atom is -0.283 e. The maximum atomic E-state index is 11.4. The van der Waals surface area contributed by atoms with Gasteiger partial charge < -0.3 is 0 Å². The van der Waals surface area contributed by atoms with Crippen molar-refractivity contribution in [3.8, 4) is 0 Å². The Balaban J connectivity index is 1.95. The summed E-state index contributed by atoms with van der Waals surface area (Å²) in [4.78, 5) is 26.5. The Morgan fingerprint density at radius 2 is 1.87 bits per heavy atom. The van der Waals surface area contributed by atoms with Gasteiger partial charge in [0.2, 0.25) is 11.8 Å². The van der Waals surface area contributed by atoms with Gasteiger partial charge in [-0.15, -0.1) is 0 Å². The molecule has 1 unspecified atom stereocenters. The van der Waals surface area contributed by atoms with Crippen LogP contribution in [-0.2, 0) is 9.59 Å². The molecule has 4 heteroatoms. The number of rotatable bonds is 2. The van der Waals surface area contributed by atoms with Crippen LogP contribution >= 0.6 is 0 Å². The molecule has 0 spiro atoms. The second-order valence-corrected chi connectivity index (χ2v) is 4.51. The molecule has 0 saturated carbocycles. The van der Waals surface area contributed by atoms with Crippen LogP contribution in [0.2, 0.25) is 0 Å². The van der Waals surface area contributed by atoms with Gasteiger partial charge in [-0.2, -0.15) is 0 Å². The van der Waals surface area contributed by atoms with E-state index in [0.29, 0.717) is 25.6 Å². The summed E-state index contributed by atoms with van der Waals surface area (Å²) in [5.41, 5.74) is 0. The first-order chi connectivity index (χ1) is 7.18. The molecule has 84 valence electrons. The average Bonchev–Trinajstić information content (AvgIpc) is 2.53. The summed E-state index contributed by atoms with van der Waals surface area (Å²) in [6.45, 7) is 3.70. The van der Waals surface area contributed by atoms with E-state index in [4.69, 9.17) is 0 Å². The molecule has 1 atom stereocenters. The van der Waals surface area contributed by atoms with E-state index in [1.54, 1.807) is 0 Å². The van der Waals surface area contributed by atoms with E-state index in [9.17, 15) is 9.59 Å². The molecule has 4 nitrogen and oxygen atoms in total. The SMILES string of the molecule is CC1CCCCN1CN1C(=O)CCC1=O. The van der Waals surface area contributed by atoms with Gasteiger partial charge in [-0.1, -0.05) is 6.42 Å². The molecule has 15 heavy (non-hydrogen) atoms. The van der Waals surface area contributed by atoms with Crippen molar-refractivity contribution in [2.24, 2.45) is 0 Å². The molecule has 0 aliphatic carbocycles. The zero-order chi connectivity index (χ0) is 10.8. The molecule has 2 fully saturated rings. The van der Waals surface area contributed by atoms with Crippen LogP contribution in [0.25, 0.3) is 0 Å². The van der Waals surface area contributed by atoms with Gasteiger partial charge in [0.05, 0.1) is 6.67 Å². The highest BCUT2D eigenvalue weighted by atomic mass is 16.2. The van der Waals surface area contributed by atoms with Crippen molar-refractivity contribution in [2.45, 2.75) is 45.1 Å². The molecule has 2 heterocycles. The van der Waals surface area contributed by atoms with E-state index in [0.717, 1.165) is 6.54 Å². The van der Waals surface area contributed by atoms with Crippen molar-refractivity contribution < 1.29 is 9.59 Å². The van der Waals surface area contributed by atoms with Crippen molar-refractivity contribution in [2.75, 3.05) is 13.2 Å². The van der Waals surface area contributed by atoms with E-state index < -0.39 is 0 Å². The van der Waals surface area contributed by atoms with E-state index >= 15 is 0 Å².